The molecule has 0 unspecified atom stereocenters. The van der Waals surface area contributed by atoms with Crippen LogP contribution in [-0.2, 0) is 4.79 Å². The summed E-state index contributed by atoms with van der Waals surface area (Å²) < 4.78 is 0. The molecule has 2 aromatic rings. The molecule has 0 atom stereocenters. The quantitative estimate of drug-likeness (QED) is 0.826. The lowest BCUT2D eigenvalue weighted by molar-refractivity contribution is -0.113. The number of hydrogen-bond acceptors (Lipinski definition) is 3. The molecule has 1 heterocycles. The molecule has 1 fully saturated rings. The van der Waals surface area contributed by atoms with E-state index in [1.54, 1.807) is 11.8 Å². The highest BCUT2D eigenvalue weighted by Gasteiger charge is 2.11. The van der Waals surface area contributed by atoms with Gasteiger partial charge in [-0.3, -0.25) is 4.79 Å². The second kappa shape index (κ2) is 8.06. The minimum atomic E-state index is 0.0320. The molecule has 0 radical (unpaired) electrons. The van der Waals surface area contributed by atoms with Gasteiger partial charge in [0.15, 0.2) is 0 Å². The average molecular weight is 326 g/mol. The van der Waals surface area contributed by atoms with Crippen LogP contribution in [0.3, 0.4) is 0 Å². The van der Waals surface area contributed by atoms with E-state index in [0.29, 0.717) is 5.75 Å². The fourth-order valence-electron chi connectivity index (χ4n) is 2.77. The van der Waals surface area contributed by atoms with Crippen LogP contribution in [0.4, 0.5) is 11.4 Å². The summed E-state index contributed by atoms with van der Waals surface area (Å²) in [4.78, 5) is 15.6. The lowest BCUT2D eigenvalue weighted by Gasteiger charge is -2.28. The van der Waals surface area contributed by atoms with E-state index in [1.807, 2.05) is 42.5 Å². The lowest BCUT2D eigenvalue weighted by atomic mass is 10.1. The van der Waals surface area contributed by atoms with Crippen LogP contribution >= 0.6 is 11.8 Å². The maximum absolute atomic E-state index is 12.0. The Morgan fingerprint density at radius 1 is 0.957 bits per heavy atom. The molecule has 0 aliphatic carbocycles. The number of carbonyl (C=O) groups excluding carboxylic acids is 1. The molecule has 3 rings (SSSR count). The minimum Gasteiger partial charge on any atom is -0.372 e. The van der Waals surface area contributed by atoms with E-state index in [1.165, 1.54) is 24.9 Å². The third-order valence-electron chi connectivity index (χ3n) is 3.99. The number of piperidine rings is 1. The predicted octanol–water partition coefficient (Wildman–Crippen LogP) is 4.41. The van der Waals surface area contributed by atoms with Crippen LogP contribution in [0.2, 0.25) is 0 Å². The number of anilines is 2. The maximum atomic E-state index is 12.0. The van der Waals surface area contributed by atoms with E-state index in [9.17, 15) is 4.79 Å². The SMILES string of the molecule is O=C(CSc1ccccc1)Nc1ccc(N2CCCCC2)cc1. The Labute approximate surface area is 142 Å². The molecular weight excluding hydrogens is 304 g/mol. The van der Waals surface area contributed by atoms with Crippen LogP contribution in [0.25, 0.3) is 0 Å². The molecule has 1 N–H and O–H groups in total. The molecule has 0 bridgehead atoms. The van der Waals surface area contributed by atoms with Crippen LogP contribution in [0.1, 0.15) is 19.3 Å². The van der Waals surface area contributed by atoms with Crippen molar-refractivity contribution in [3.05, 3.63) is 54.6 Å². The van der Waals surface area contributed by atoms with E-state index in [2.05, 4.69) is 22.3 Å². The summed E-state index contributed by atoms with van der Waals surface area (Å²) in [6.07, 6.45) is 3.88. The van der Waals surface area contributed by atoms with Crippen molar-refractivity contribution in [2.45, 2.75) is 24.2 Å². The van der Waals surface area contributed by atoms with Gasteiger partial charge in [-0.25, -0.2) is 0 Å². The summed E-state index contributed by atoms with van der Waals surface area (Å²) >= 11 is 1.55. The Morgan fingerprint density at radius 3 is 2.35 bits per heavy atom. The first-order valence-corrected chi connectivity index (χ1v) is 9.12. The number of amides is 1. The fourth-order valence-corrected chi connectivity index (χ4v) is 3.49. The normalized spacial score (nSPS) is 14.5. The van der Waals surface area contributed by atoms with Crippen molar-refractivity contribution < 1.29 is 4.79 Å². The minimum absolute atomic E-state index is 0.0320. The van der Waals surface area contributed by atoms with Crippen molar-refractivity contribution in [2.24, 2.45) is 0 Å². The van der Waals surface area contributed by atoms with E-state index in [0.717, 1.165) is 23.7 Å². The molecule has 1 aliphatic heterocycles. The van der Waals surface area contributed by atoms with Gasteiger partial charge in [0.1, 0.15) is 0 Å². The molecule has 2 aromatic carbocycles. The molecule has 1 aliphatic rings. The fraction of sp³-hybridized carbons (Fsp3) is 0.316. The largest absolute Gasteiger partial charge is 0.372 e. The summed E-state index contributed by atoms with van der Waals surface area (Å²) in [5.74, 6) is 0.460. The summed E-state index contributed by atoms with van der Waals surface area (Å²) in [6, 6.07) is 18.2. The molecule has 0 saturated carbocycles. The van der Waals surface area contributed by atoms with Crippen LogP contribution in [0, 0.1) is 0 Å². The molecular formula is C19H22N2OS. The standard InChI is InChI=1S/C19H22N2OS/c22-19(15-23-18-7-3-1-4-8-18)20-16-9-11-17(12-10-16)21-13-5-2-6-14-21/h1,3-4,7-12H,2,5-6,13-15H2,(H,20,22). The highest BCUT2D eigenvalue weighted by Crippen LogP contribution is 2.22. The predicted molar refractivity (Wildman–Crippen MR) is 98.3 cm³/mol. The van der Waals surface area contributed by atoms with Gasteiger partial charge in [0, 0.05) is 29.4 Å². The van der Waals surface area contributed by atoms with Crippen LogP contribution < -0.4 is 10.2 Å². The van der Waals surface area contributed by atoms with Gasteiger partial charge in [0.25, 0.3) is 0 Å². The van der Waals surface area contributed by atoms with Crippen LogP contribution in [0.15, 0.2) is 59.5 Å². The summed E-state index contributed by atoms with van der Waals surface area (Å²) in [5.41, 5.74) is 2.12. The van der Waals surface area contributed by atoms with E-state index < -0.39 is 0 Å². The third-order valence-corrected chi connectivity index (χ3v) is 5.00. The zero-order chi connectivity index (χ0) is 15.9. The van der Waals surface area contributed by atoms with Crippen molar-refractivity contribution in [1.82, 2.24) is 0 Å². The number of hydrogen-bond donors (Lipinski definition) is 1. The van der Waals surface area contributed by atoms with Gasteiger partial charge in [0.05, 0.1) is 5.75 Å². The van der Waals surface area contributed by atoms with Crippen molar-refractivity contribution in [3.8, 4) is 0 Å². The molecule has 0 spiro atoms. The highest BCUT2D eigenvalue weighted by molar-refractivity contribution is 8.00. The molecule has 0 aromatic heterocycles. The molecule has 1 amide bonds. The van der Waals surface area contributed by atoms with Crippen molar-refractivity contribution in [3.63, 3.8) is 0 Å². The molecule has 23 heavy (non-hydrogen) atoms. The van der Waals surface area contributed by atoms with E-state index in [-0.39, 0.29) is 5.91 Å². The number of rotatable bonds is 5. The second-order valence-corrected chi connectivity index (χ2v) is 6.79. The van der Waals surface area contributed by atoms with Gasteiger partial charge in [-0.05, 0) is 55.7 Å². The number of nitrogens with one attached hydrogen (secondary N) is 1. The number of nitrogens with zero attached hydrogens (tertiary/aromatic N) is 1. The Morgan fingerprint density at radius 2 is 1.65 bits per heavy atom. The Hall–Kier alpha value is -1.94. The molecule has 3 nitrogen and oxygen atoms in total. The Balaban J connectivity index is 1.50. The highest BCUT2D eigenvalue weighted by atomic mass is 32.2. The van der Waals surface area contributed by atoms with Crippen molar-refractivity contribution in [1.29, 1.82) is 0 Å². The first-order chi connectivity index (χ1) is 11.3. The summed E-state index contributed by atoms with van der Waals surface area (Å²) in [7, 11) is 0. The van der Waals surface area contributed by atoms with Gasteiger partial charge >= 0.3 is 0 Å². The second-order valence-electron chi connectivity index (χ2n) is 5.74. The summed E-state index contributed by atoms with van der Waals surface area (Å²) in [6.45, 7) is 2.28. The van der Waals surface area contributed by atoms with Crippen molar-refractivity contribution in [2.75, 3.05) is 29.1 Å². The third kappa shape index (κ3) is 4.76. The molecule has 120 valence electrons. The van der Waals surface area contributed by atoms with Gasteiger partial charge in [-0.15, -0.1) is 11.8 Å². The number of carbonyl (C=O) groups is 1. The van der Waals surface area contributed by atoms with E-state index in [4.69, 9.17) is 0 Å². The smallest absolute Gasteiger partial charge is 0.234 e. The monoisotopic (exact) mass is 326 g/mol. The van der Waals surface area contributed by atoms with Crippen LogP contribution in [-0.4, -0.2) is 24.7 Å². The van der Waals surface area contributed by atoms with Crippen molar-refractivity contribution >= 4 is 29.0 Å². The zero-order valence-corrected chi connectivity index (χ0v) is 14.0. The molecule has 4 heteroatoms. The maximum Gasteiger partial charge on any atom is 0.234 e. The van der Waals surface area contributed by atoms with Gasteiger partial charge in [-0.1, -0.05) is 18.2 Å². The van der Waals surface area contributed by atoms with Gasteiger partial charge in [-0.2, -0.15) is 0 Å². The first kappa shape index (κ1) is 15.9. The number of thioether (sulfide) groups is 1. The number of benzene rings is 2. The first-order valence-electron chi connectivity index (χ1n) is 8.14. The Bertz CT molecular complexity index is 622. The van der Waals surface area contributed by atoms with E-state index >= 15 is 0 Å². The molecule has 1 saturated heterocycles. The van der Waals surface area contributed by atoms with Crippen LogP contribution in [0.5, 0.6) is 0 Å². The van der Waals surface area contributed by atoms with Gasteiger partial charge < -0.3 is 10.2 Å². The Kier molecular flexibility index (Phi) is 5.59. The van der Waals surface area contributed by atoms with Gasteiger partial charge in [0.2, 0.25) is 5.91 Å². The lowest BCUT2D eigenvalue weighted by Crippen LogP contribution is -2.29. The average Bonchev–Trinajstić information content (AvgIpc) is 2.62. The zero-order valence-electron chi connectivity index (χ0n) is 13.2. The topological polar surface area (TPSA) is 32.3 Å². The summed E-state index contributed by atoms with van der Waals surface area (Å²) in [5, 5.41) is 2.96.